The normalized spacial score (nSPS) is 17.4. The molecular weight excluding hydrogens is 600 g/mol. The number of hydrogen-bond acceptors (Lipinski definition) is 6. The Morgan fingerprint density at radius 1 is 0.872 bits per heavy atom. The first-order chi connectivity index (χ1) is 22.0. The minimum Gasteiger partial charge on any atom is -0.481 e. The highest BCUT2D eigenvalue weighted by molar-refractivity contribution is 6.03. The Labute approximate surface area is 274 Å². The van der Waals surface area contributed by atoms with Gasteiger partial charge in [0.25, 0.3) is 0 Å². The molecule has 10 heteroatoms. The molecule has 0 saturated carbocycles. The Hall–Kier alpha value is -5.25. The van der Waals surface area contributed by atoms with Gasteiger partial charge in [-0.2, -0.15) is 4.58 Å². The molecule has 0 saturated heterocycles. The summed E-state index contributed by atoms with van der Waals surface area (Å²) in [6, 6.07) is 10.3. The van der Waals surface area contributed by atoms with Crippen LogP contribution in [0.25, 0.3) is 0 Å². The molecule has 10 nitrogen and oxygen atoms in total. The van der Waals surface area contributed by atoms with Crippen LogP contribution in [0.4, 0.5) is 11.4 Å². The number of aliphatic carboxylic acids is 2. The third-order valence-electron chi connectivity index (χ3n) is 8.59. The maximum atomic E-state index is 11.7. The second-order valence-corrected chi connectivity index (χ2v) is 12.7. The molecule has 0 aliphatic carbocycles. The molecule has 2 aromatic carbocycles. The van der Waals surface area contributed by atoms with Crippen molar-refractivity contribution in [1.29, 1.82) is 0 Å². The second kappa shape index (κ2) is 13.6. The van der Waals surface area contributed by atoms with E-state index in [4.69, 9.17) is 4.74 Å². The molecule has 2 aromatic rings. The third kappa shape index (κ3) is 7.43. The Morgan fingerprint density at radius 3 is 2.21 bits per heavy atom. The monoisotopic (exact) mass is 641 g/mol. The largest absolute Gasteiger partial charge is 0.481 e. The topological polar surface area (TPSA) is 144 Å². The first-order valence-electron chi connectivity index (χ1n) is 15.3. The average molecular weight is 642 g/mol. The van der Waals surface area contributed by atoms with Gasteiger partial charge >= 0.3 is 23.9 Å². The second-order valence-electron chi connectivity index (χ2n) is 12.7. The molecule has 0 amide bonds. The van der Waals surface area contributed by atoms with Crippen molar-refractivity contribution < 1.29 is 43.8 Å². The summed E-state index contributed by atoms with van der Waals surface area (Å²) in [7, 11) is 0. The number of fused-ring (bicyclic) bond motifs is 2. The molecule has 3 N–H and O–H groups in total. The van der Waals surface area contributed by atoms with Crippen LogP contribution in [0, 0.1) is 0 Å². The quantitative estimate of drug-likeness (QED) is 0.104. The summed E-state index contributed by atoms with van der Waals surface area (Å²) < 4.78 is 7.30. The number of carbonyl (C=O) groups is 4. The number of carbonyl (C=O) groups excluding carboxylic acids is 1. The molecule has 2 aliphatic heterocycles. The molecule has 4 rings (SSSR count). The van der Waals surface area contributed by atoms with Crippen LogP contribution in [-0.2, 0) is 25.2 Å². The number of allylic oxidation sites excluding steroid dienone is 8. The Morgan fingerprint density at radius 2 is 1.57 bits per heavy atom. The number of benzene rings is 2. The zero-order valence-corrected chi connectivity index (χ0v) is 27.5. The molecule has 0 bridgehead atoms. The molecule has 0 fully saturated rings. The van der Waals surface area contributed by atoms with Gasteiger partial charge in [-0.3, -0.25) is 14.4 Å². The number of nitrogens with zero attached hydrogens (tertiary/aromatic N) is 2. The fraction of sp³-hybridized carbons (Fsp3) is 0.324. The number of carboxylic acid groups (broad SMARTS) is 3. The minimum absolute atomic E-state index is 0.0495. The number of rotatable bonds is 12. The van der Waals surface area contributed by atoms with Crippen LogP contribution in [0.2, 0.25) is 0 Å². The lowest BCUT2D eigenvalue weighted by molar-refractivity contribution is -0.436. The van der Waals surface area contributed by atoms with Gasteiger partial charge in [-0.05, 0) is 62.7 Å². The Balaban J connectivity index is 1.62. The molecule has 47 heavy (non-hydrogen) atoms. The van der Waals surface area contributed by atoms with Crippen molar-refractivity contribution in [3.05, 3.63) is 101 Å². The summed E-state index contributed by atoms with van der Waals surface area (Å²) in [4.78, 5) is 48.0. The smallest absolute Gasteiger partial charge is 0.335 e. The summed E-state index contributed by atoms with van der Waals surface area (Å²) >= 11 is 0. The SMILES string of the molecule is CC(=O)Oc1ccc2c(c1)C(C)(C)C(/C=C/C=C(C)/C=C/C=C1/N(CCC(=O)O)c3ccc(C(=O)O)cc3C1(C)C)=[N+]2CCC(=O)O. The van der Waals surface area contributed by atoms with Gasteiger partial charge in [0.1, 0.15) is 12.2 Å². The fourth-order valence-corrected chi connectivity index (χ4v) is 6.23. The molecule has 0 unspecified atom stereocenters. The van der Waals surface area contributed by atoms with Gasteiger partial charge in [0.05, 0.1) is 17.4 Å². The first-order valence-corrected chi connectivity index (χ1v) is 15.3. The van der Waals surface area contributed by atoms with Crippen LogP contribution in [0.1, 0.15) is 75.9 Å². The van der Waals surface area contributed by atoms with Gasteiger partial charge < -0.3 is 25.0 Å². The van der Waals surface area contributed by atoms with E-state index < -0.39 is 34.7 Å². The summed E-state index contributed by atoms with van der Waals surface area (Å²) in [5, 5.41) is 28.3. The van der Waals surface area contributed by atoms with Crippen LogP contribution >= 0.6 is 0 Å². The number of esters is 1. The van der Waals surface area contributed by atoms with Crippen molar-refractivity contribution in [2.75, 3.05) is 18.0 Å². The van der Waals surface area contributed by atoms with Crippen LogP contribution in [-0.4, -0.2) is 62.6 Å². The molecule has 0 spiro atoms. The maximum Gasteiger partial charge on any atom is 0.335 e. The van der Waals surface area contributed by atoms with Crippen molar-refractivity contribution in [3.8, 4) is 5.75 Å². The summed E-state index contributed by atoms with van der Waals surface area (Å²) in [5.74, 6) is -2.83. The maximum absolute atomic E-state index is 11.7. The number of anilines is 1. The summed E-state index contributed by atoms with van der Waals surface area (Å²) in [6.07, 6.45) is 11.5. The number of carboxylic acids is 3. The van der Waals surface area contributed by atoms with Gasteiger partial charge in [-0.1, -0.05) is 43.7 Å². The van der Waals surface area contributed by atoms with Crippen LogP contribution in [0.5, 0.6) is 5.75 Å². The summed E-state index contributed by atoms with van der Waals surface area (Å²) in [6.45, 7) is 11.9. The predicted octanol–water partition coefficient (Wildman–Crippen LogP) is 6.38. The third-order valence-corrected chi connectivity index (χ3v) is 8.59. The van der Waals surface area contributed by atoms with Crippen molar-refractivity contribution in [1.82, 2.24) is 0 Å². The number of ether oxygens (including phenoxy) is 1. The van der Waals surface area contributed by atoms with Crippen molar-refractivity contribution in [2.45, 2.75) is 65.2 Å². The standard InChI is InChI=1S/C37H40N2O8/c1-23(9-7-11-31-36(3,4)27-21-25(35(45)46)13-15-29(27)38(31)19-17-33(41)42)10-8-12-32-37(5,6)28-22-26(47-24(2)40)14-16-30(28)39(32)20-18-34(43)44/h7-16,21-22H,17-20H2,1-6H3,(H2-,41,42,43,44,45,46)/p+1. The van der Waals surface area contributed by atoms with Crippen molar-refractivity contribution >= 4 is 41.0 Å². The lowest BCUT2D eigenvalue weighted by Gasteiger charge is -2.26. The lowest BCUT2D eigenvalue weighted by Crippen LogP contribution is -2.28. The highest BCUT2D eigenvalue weighted by Gasteiger charge is 2.45. The highest BCUT2D eigenvalue weighted by Crippen LogP contribution is 2.48. The van der Waals surface area contributed by atoms with E-state index >= 15 is 0 Å². The first kappa shape index (κ1) is 34.6. The van der Waals surface area contributed by atoms with Gasteiger partial charge in [0.15, 0.2) is 12.3 Å². The predicted molar refractivity (Wildman–Crippen MR) is 179 cm³/mol. The van der Waals surface area contributed by atoms with E-state index in [9.17, 15) is 34.5 Å². The van der Waals surface area contributed by atoms with Crippen LogP contribution in [0.15, 0.2) is 84.1 Å². The van der Waals surface area contributed by atoms with E-state index in [2.05, 4.69) is 0 Å². The van der Waals surface area contributed by atoms with Gasteiger partial charge in [-0.25, -0.2) is 4.79 Å². The fourth-order valence-electron chi connectivity index (χ4n) is 6.23. The van der Waals surface area contributed by atoms with Gasteiger partial charge in [0.2, 0.25) is 5.69 Å². The molecule has 0 atom stereocenters. The molecule has 0 aromatic heterocycles. The highest BCUT2D eigenvalue weighted by atomic mass is 16.5. The lowest BCUT2D eigenvalue weighted by atomic mass is 9.81. The van der Waals surface area contributed by atoms with E-state index in [1.54, 1.807) is 18.2 Å². The van der Waals surface area contributed by atoms with Crippen molar-refractivity contribution in [2.24, 2.45) is 0 Å². The zero-order valence-electron chi connectivity index (χ0n) is 27.5. The minimum atomic E-state index is -1.02. The average Bonchev–Trinajstić information content (AvgIpc) is 3.32. The number of aromatic carboxylic acids is 1. The summed E-state index contributed by atoms with van der Waals surface area (Å²) in [5.41, 5.74) is 5.22. The van der Waals surface area contributed by atoms with E-state index in [0.717, 1.165) is 39.5 Å². The molecule has 2 heterocycles. The van der Waals surface area contributed by atoms with Crippen LogP contribution in [0.3, 0.4) is 0 Å². The van der Waals surface area contributed by atoms with Gasteiger partial charge in [-0.15, -0.1) is 0 Å². The molecule has 246 valence electrons. The van der Waals surface area contributed by atoms with E-state index in [1.807, 2.05) is 92.7 Å². The van der Waals surface area contributed by atoms with E-state index in [-0.39, 0.29) is 31.5 Å². The van der Waals surface area contributed by atoms with Crippen LogP contribution < -0.4 is 9.64 Å². The molecule has 0 radical (unpaired) electrons. The molecule has 2 aliphatic rings. The van der Waals surface area contributed by atoms with Gasteiger partial charge in [0, 0.05) is 48.0 Å². The van der Waals surface area contributed by atoms with E-state index in [0.29, 0.717) is 5.75 Å². The van der Waals surface area contributed by atoms with E-state index in [1.165, 1.54) is 13.0 Å². The Bertz CT molecular complexity index is 1790. The van der Waals surface area contributed by atoms with Crippen molar-refractivity contribution in [3.63, 3.8) is 0 Å². The Kier molecular flexibility index (Phi) is 10.0. The molecular formula is C37H41N2O8+. The zero-order chi connectivity index (χ0) is 34.7. The number of hydrogen-bond donors (Lipinski definition) is 3.